The molecule has 0 unspecified atom stereocenters. The molecule has 0 spiro atoms. The Balaban J connectivity index is 2.51. The van der Waals surface area contributed by atoms with Gasteiger partial charge in [0.1, 0.15) is 0 Å². The molecule has 2 rings (SSSR count). The minimum Gasteiger partial charge on any atom is -0.0837 e. The van der Waals surface area contributed by atoms with Crippen LogP contribution in [0.15, 0.2) is 42.5 Å². The summed E-state index contributed by atoms with van der Waals surface area (Å²) in [6, 6.07) is 14.9. The molecule has 2 aromatic rings. The van der Waals surface area contributed by atoms with Gasteiger partial charge in [0.25, 0.3) is 0 Å². The highest BCUT2D eigenvalue weighted by Crippen LogP contribution is 2.31. The lowest BCUT2D eigenvalue weighted by Crippen LogP contribution is -1.90. The van der Waals surface area contributed by atoms with E-state index < -0.39 is 0 Å². The van der Waals surface area contributed by atoms with E-state index in [0.29, 0.717) is 5.92 Å². The van der Waals surface area contributed by atoms with Gasteiger partial charge in [0.05, 0.1) is 0 Å². The summed E-state index contributed by atoms with van der Waals surface area (Å²) in [6.07, 6.45) is 1.05. The number of aryl methyl sites for hydroxylation is 1. The van der Waals surface area contributed by atoms with E-state index in [1.165, 1.54) is 16.7 Å². The summed E-state index contributed by atoms with van der Waals surface area (Å²) in [7, 11) is 0. The highest BCUT2D eigenvalue weighted by atomic mass is 35.5. The molecule has 0 radical (unpaired) electrons. The molecule has 0 aliphatic rings. The normalized spacial score (nSPS) is 10.9. The van der Waals surface area contributed by atoms with Gasteiger partial charge >= 0.3 is 0 Å². The smallest absolute Gasteiger partial charge is 0.0484 e. The van der Waals surface area contributed by atoms with E-state index in [1.54, 1.807) is 0 Å². The van der Waals surface area contributed by atoms with Gasteiger partial charge in [-0.25, -0.2) is 0 Å². The van der Waals surface area contributed by atoms with Crippen molar-refractivity contribution in [3.63, 3.8) is 0 Å². The van der Waals surface area contributed by atoms with Crippen LogP contribution in [0, 0.1) is 0 Å². The fourth-order valence-corrected chi connectivity index (χ4v) is 2.31. The number of hydrogen-bond donors (Lipinski definition) is 0. The Labute approximate surface area is 115 Å². The van der Waals surface area contributed by atoms with Crippen LogP contribution in [0.25, 0.3) is 11.1 Å². The molecule has 2 aromatic carbocycles. The maximum Gasteiger partial charge on any atom is 0.0484 e. The molecule has 0 aliphatic carbocycles. The van der Waals surface area contributed by atoms with Gasteiger partial charge in [-0.3, -0.25) is 0 Å². The van der Waals surface area contributed by atoms with Crippen molar-refractivity contribution in [3.05, 3.63) is 58.6 Å². The molecule has 0 aromatic heterocycles. The summed E-state index contributed by atoms with van der Waals surface area (Å²) in [5.74, 6) is 0.523. The number of hydrogen-bond acceptors (Lipinski definition) is 0. The van der Waals surface area contributed by atoms with E-state index in [1.807, 2.05) is 6.07 Å². The van der Waals surface area contributed by atoms with Crippen LogP contribution < -0.4 is 0 Å². The first-order chi connectivity index (χ1) is 8.61. The van der Waals surface area contributed by atoms with Gasteiger partial charge in [0, 0.05) is 10.6 Å². The van der Waals surface area contributed by atoms with E-state index in [0.717, 1.165) is 17.0 Å². The predicted octanol–water partition coefficient (Wildman–Crippen LogP) is 5.69. The highest BCUT2D eigenvalue weighted by Gasteiger charge is 2.07. The topological polar surface area (TPSA) is 0 Å². The first kappa shape index (κ1) is 13.2. The zero-order valence-corrected chi connectivity index (χ0v) is 12.0. The van der Waals surface area contributed by atoms with Crippen LogP contribution in [0.2, 0.25) is 5.02 Å². The first-order valence-corrected chi connectivity index (χ1v) is 6.88. The third kappa shape index (κ3) is 2.76. The summed E-state index contributed by atoms with van der Waals surface area (Å²) in [5.41, 5.74) is 5.02. The standard InChI is InChI=1S/C17H19Cl/c1-4-13-6-5-7-15(10-13)16-11-14(12(2)3)8-9-17(16)18/h5-12H,4H2,1-3H3. The zero-order chi connectivity index (χ0) is 13.1. The van der Waals surface area contributed by atoms with Crippen molar-refractivity contribution >= 4 is 11.6 Å². The highest BCUT2D eigenvalue weighted by molar-refractivity contribution is 6.33. The van der Waals surface area contributed by atoms with Crippen LogP contribution in [-0.4, -0.2) is 0 Å². The van der Waals surface area contributed by atoms with E-state index in [4.69, 9.17) is 11.6 Å². The molecule has 94 valence electrons. The molecule has 0 bridgehead atoms. The van der Waals surface area contributed by atoms with Crippen LogP contribution in [0.5, 0.6) is 0 Å². The van der Waals surface area contributed by atoms with Crippen molar-refractivity contribution < 1.29 is 0 Å². The monoisotopic (exact) mass is 258 g/mol. The third-order valence-electron chi connectivity index (χ3n) is 3.30. The van der Waals surface area contributed by atoms with Crippen molar-refractivity contribution in [2.45, 2.75) is 33.1 Å². The Morgan fingerprint density at radius 2 is 1.83 bits per heavy atom. The average Bonchev–Trinajstić information content (AvgIpc) is 2.39. The average molecular weight is 259 g/mol. The zero-order valence-electron chi connectivity index (χ0n) is 11.2. The maximum atomic E-state index is 6.33. The Morgan fingerprint density at radius 1 is 1.06 bits per heavy atom. The molecule has 0 heterocycles. The van der Waals surface area contributed by atoms with Crippen LogP contribution in [0.1, 0.15) is 37.8 Å². The molecule has 0 amide bonds. The van der Waals surface area contributed by atoms with Crippen LogP contribution in [-0.2, 0) is 6.42 Å². The maximum absolute atomic E-state index is 6.33. The third-order valence-corrected chi connectivity index (χ3v) is 3.63. The second-order valence-corrected chi connectivity index (χ2v) is 5.36. The van der Waals surface area contributed by atoms with E-state index in [-0.39, 0.29) is 0 Å². The molecule has 0 aliphatic heterocycles. The second kappa shape index (κ2) is 5.58. The Bertz CT molecular complexity index is 541. The molecule has 0 nitrogen and oxygen atoms in total. The molecule has 0 saturated heterocycles. The Kier molecular flexibility index (Phi) is 4.08. The van der Waals surface area contributed by atoms with Gasteiger partial charge in [0.15, 0.2) is 0 Å². The fraction of sp³-hybridized carbons (Fsp3) is 0.294. The lowest BCUT2D eigenvalue weighted by Gasteiger charge is -2.11. The Morgan fingerprint density at radius 3 is 2.50 bits per heavy atom. The summed E-state index contributed by atoms with van der Waals surface area (Å²) < 4.78 is 0. The molecule has 0 fully saturated rings. The summed E-state index contributed by atoms with van der Waals surface area (Å²) >= 11 is 6.33. The lowest BCUT2D eigenvalue weighted by molar-refractivity contribution is 0.867. The van der Waals surface area contributed by atoms with E-state index >= 15 is 0 Å². The molecule has 0 atom stereocenters. The molecular formula is C17H19Cl. The van der Waals surface area contributed by atoms with Crippen LogP contribution >= 0.6 is 11.6 Å². The first-order valence-electron chi connectivity index (χ1n) is 6.50. The summed E-state index contributed by atoms with van der Waals surface area (Å²) in [5, 5.41) is 0.827. The molecule has 18 heavy (non-hydrogen) atoms. The van der Waals surface area contributed by atoms with Crippen LogP contribution in [0.3, 0.4) is 0 Å². The van der Waals surface area contributed by atoms with Crippen molar-refractivity contribution in [3.8, 4) is 11.1 Å². The van der Waals surface area contributed by atoms with Crippen molar-refractivity contribution in [1.82, 2.24) is 0 Å². The van der Waals surface area contributed by atoms with Crippen molar-refractivity contribution in [2.75, 3.05) is 0 Å². The Hall–Kier alpha value is -1.27. The van der Waals surface area contributed by atoms with Crippen LogP contribution in [0.4, 0.5) is 0 Å². The minimum absolute atomic E-state index is 0.523. The molecular weight excluding hydrogens is 240 g/mol. The fourth-order valence-electron chi connectivity index (χ4n) is 2.08. The quantitative estimate of drug-likeness (QED) is 0.663. The van der Waals surface area contributed by atoms with Crippen molar-refractivity contribution in [2.24, 2.45) is 0 Å². The minimum atomic E-state index is 0.523. The van der Waals surface area contributed by atoms with Gasteiger partial charge in [-0.2, -0.15) is 0 Å². The molecule has 0 N–H and O–H groups in total. The molecule has 0 saturated carbocycles. The van der Waals surface area contributed by atoms with Gasteiger partial charge in [0.2, 0.25) is 0 Å². The van der Waals surface area contributed by atoms with Crippen molar-refractivity contribution in [1.29, 1.82) is 0 Å². The van der Waals surface area contributed by atoms with Gasteiger partial charge in [-0.15, -0.1) is 0 Å². The van der Waals surface area contributed by atoms with Gasteiger partial charge in [-0.05, 0) is 41.2 Å². The second-order valence-electron chi connectivity index (χ2n) is 4.95. The predicted molar refractivity (Wildman–Crippen MR) is 80.4 cm³/mol. The SMILES string of the molecule is CCc1cccc(-c2cc(C(C)C)ccc2Cl)c1. The lowest BCUT2D eigenvalue weighted by atomic mass is 9.96. The number of halogens is 1. The largest absolute Gasteiger partial charge is 0.0837 e. The molecule has 1 heteroatoms. The van der Waals surface area contributed by atoms with E-state index in [9.17, 15) is 0 Å². The number of benzene rings is 2. The number of rotatable bonds is 3. The summed E-state index contributed by atoms with van der Waals surface area (Å²) in [4.78, 5) is 0. The van der Waals surface area contributed by atoms with Gasteiger partial charge < -0.3 is 0 Å². The van der Waals surface area contributed by atoms with Gasteiger partial charge in [-0.1, -0.05) is 62.7 Å². The summed E-state index contributed by atoms with van der Waals surface area (Å²) in [6.45, 7) is 6.58. The van der Waals surface area contributed by atoms with E-state index in [2.05, 4.69) is 57.2 Å².